The summed E-state index contributed by atoms with van der Waals surface area (Å²) in [4.78, 5) is 12.1. The van der Waals surface area contributed by atoms with Gasteiger partial charge in [-0.3, -0.25) is 0 Å². The largest absolute Gasteiger partial charge is 0.480 e. The average Bonchev–Trinajstić information content (AvgIpc) is 3.18. The van der Waals surface area contributed by atoms with E-state index >= 15 is 0 Å². The molecule has 0 bridgehead atoms. The summed E-state index contributed by atoms with van der Waals surface area (Å²) in [6, 6.07) is 7.64. The van der Waals surface area contributed by atoms with E-state index in [1.807, 2.05) is 31.2 Å². The minimum absolute atomic E-state index is 0.0190. The van der Waals surface area contributed by atoms with E-state index in [1.54, 1.807) is 12.4 Å². The average molecular weight is 407 g/mol. The molecule has 0 radical (unpaired) electrons. The Morgan fingerprint density at radius 2 is 2.13 bits per heavy atom. The number of rotatable bonds is 4. The van der Waals surface area contributed by atoms with Gasteiger partial charge in [-0.1, -0.05) is 6.07 Å². The number of aromatic amines is 1. The van der Waals surface area contributed by atoms with Gasteiger partial charge in [0.1, 0.15) is 5.65 Å². The van der Waals surface area contributed by atoms with Gasteiger partial charge in [-0.25, -0.2) is 0 Å². The number of nitrogens with one attached hydrogen (secondary N) is 2. The van der Waals surface area contributed by atoms with Gasteiger partial charge in [-0.2, -0.15) is 20.2 Å². The molecule has 8 heteroatoms. The monoisotopic (exact) mass is 407 g/mol. The second-order valence-corrected chi connectivity index (χ2v) is 8.10. The Morgan fingerprint density at radius 3 is 2.97 bits per heavy atom. The smallest absolute Gasteiger partial charge is 0.228 e. The third-order valence-electron chi connectivity index (χ3n) is 5.82. The van der Waals surface area contributed by atoms with Crippen molar-refractivity contribution in [1.29, 1.82) is 0 Å². The van der Waals surface area contributed by atoms with Crippen molar-refractivity contribution in [2.75, 3.05) is 12.4 Å². The van der Waals surface area contributed by atoms with Crippen LogP contribution in [0.3, 0.4) is 0 Å². The van der Waals surface area contributed by atoms with E-state index in [2.05, 4.69) is 30.5 Å². The van der Waals surface area contributed by atoms with Crippen molar-refractivity contribution < 1.29 is 14.0 Å². The van der Waals surface area contributed by atoms with Crippen molar-refractivity contribution in [3.05, 3.63) is 36.7 Å². The molecule has 3 N–H and O–H groups in total. The second kappa shape index (κ2) is 7.21. The van der Waals surface area contributed by atoms with E-state index in [-0.39, 0.29) is 17.9 Å². The Balaban J connectivity index is 1.55. The fraction of sp³-hybridized carbons (Fsp3) is 0.364. The minimum Gasteiger partial charge on any atom is -0.480 e. The molecule has 1 saturated carbocycles. The molecule has 0 atom stereocenters. The molecule has 8 nitrogen and oxygen atoms in total. The summed E-state index contributed by atoms with van der Waals surface area (Å²) in [7, 11) is -2.67. The van der Waals surface area contributed by atoms with E-state index in [0.29, 0.717) is 23.9 Å². The summed E-state index contributed by atoms with van der Waals surface area (Å²) in [5.74, 6) is 0.269. The standard InChI is InChI=1S/C22H24N6O2/c1-22(29)8-5-15(6-9-22)25-21-26-19-18(20(27-21)30-2)16(12-23-19)13-3-4-17-14(11-13)7-10-24-28-17/h3-4,7,10-12,15,29H,5-6,8-9H2,1-2H3,(H2,23,25,26,27)/i2D3. The number of aliphatic hydroxyl groups is 1. The first-order chi connectivity index (χ1) is 15.7. The summed E-state index contributed by atoms with van der Waals surface area (Å²) >= 11 is 0. The quantitative estimate of drug-likeness (QED) is 0.473. The van der Waals surface area contributed by atoms with Crippen molar-refractivity contribution in [2.45, 2.75) is 44.2 Å². The zero-order chi connectivity index (χ0) is 23.2. The molecule has 3 heterocycles. The lowest BCUT2D eigenvalue weighted by atomic mass is 9.84. The van der Waals surface area contributed by atoms with Crippen LogP contribution in [0.25, 0.3) is 33.1 Å². The molecule has 1 aromatic carbocycles. The summed E-state index contributed by atoms with van der Waals surface area (Å²) in [6.07, 6.45) is 6.26. The van der Waals surface area contributed by atoms with Crippen LogP contribution in [0.4, 0.5) is 5.95 Å². The van der Waals surface area contributed by atoms with E-state index in [9.17, 15) is 5.11 Å². The van der Waals surface area contributed by atoms with Gasteiger partial charge in [0.25, 0.3) is 0 Å². The first-order valence-electron chi connectivity index (χ1n) is 11.5. The van der Waals surface area contributed by atoms with Crippen molar-refractivity contribution in [3.63, 3.8) is 0 Å². The highest BCUT2D eigenvalue weighted by Gasteiger charge is 2.29. The predicted molar refractivity (Wildman–Crippen MR) is 115 cm³/mol. The molecule has 0 saturated heterocycles. The van der Waals surface area contributed by atoms with Gasteiger partial charge in [0.15, 0.2) is 0 Å². The van der Waals surface area contributed by atoms with Gasteiger partial charge in [0, 0.05) is 23.2 Å². The van der Waals surface area contributed by atoms with E-state index in [1.165, 1.54) is 0 Å². The molecular weight excluding hydrogens is 380 g/mol. The summed E-state index contributed by atoms with van der Waals surface area (Å²) < 4.78 is 28.2. The van der Waals surface area contributed by atoms with E-state index in [4.69, 9.17) is 8.85 Å². The molecule has 154 valence electrons. The Kier molecular flexibility index (Phi) is 3.74. The van der Waals surface area contributed by atoms with Crippen molar-refractivity contribution in [3.8, 4) is 17.0 Å². The van der Waals surface area contributed by atoms with Gasteiger partial charge < -0.3 is 20.1 Å². The Morgan fingerprint density at radius 1 is 1.27 bits per heavy atom. The minimum atomic E-state index is -2.67. The summed E-state index contributed by atoms with van der Waals surface area (Å²) in [6.45, 7) is 1.84. The molecule has 3 aromatic heterocycles. The summed E-state index contributed by atoms with van der Waals surface area (Å²) in [5.41, 5.74) is 2.14. The third kappa shape index (κ3) is 3.43. The zero-order valence-electron chi connectivity index (χ0n) is 19.5. The van der Waals surface area contributed by atoms with Crippen LogP contribution < -0.4 is 10.1 Å². The maximum absolute atomic E-state index is 10.2. The van der Waals surface area contributed by atoms with Gasteiger partial charge in [0.2, 0.25) is 11.8 Å². The number of H-pyrrole nitrogens is 1. The Labute approximate surface area is 177 Å². The number of benzene rings is 1. The number of fused-ring (bicyclic) bond motifs is 2. The maximum atomic E-state index is 10.2. The molecule has 0 unspecified atom stereocenters. The molecule has 4 aromatic rings. The highest BCUT2D eigenvalue weighted by Crippen LogP contribution is 2.36. The van der Waals surface area contributed by atoms with Crippen molar-refractivity contribution >= 4 is 27.9 Å². The number of methoxy groups -OCH3 is 1. The van der Waals surface area contributed by atoms with Crippen LogP contribution in [-0.2, 0) is 0 Å². The SMILES string of the molecule is [2H]C([2H])([2H])Oc1nc(NC2CCC(C)(O)CC2)nc2[nH]cc(-c3ccc4nnccc4c3)c12. The van der Waals surface area contributed by atoms with Crippen LogP contribution in [0.2, 0.25) is 0 Å². The molecule has 0 spiro atoms. The van der Waals surface area contributed by atoms with Crippen LogP contribution in [0.1, 0.15) is 36.7 Å². The van der Waals surface area contributed by atoms with Crippen LogP contribution >= 0.6 is 0 Å². The fourth-order valence-electron chi connectivity index (χ4n) is 4.09. The van der Waals surface area contributed by atoms with Crippen molar-refractivity contribution in [2.24, 2.45) is 0 Å². The zero-order valence-corrected chi connectivity index (χ0v) is 16.5. The lowest BCUT2D eigenvalue weighted by Gasteiger charge is -2.33. The molecule has 5 rings (SSSR count). The lowest BCUT2D eigenvalue weighted by Crippen LogP contribution is -2.36. The molecule has 1 fully saturated rings. The molecular formula is C22H24N6O2. The van der Waals surface area contributed by atoms with E-state index in [0.717, 1.165) is 34.9 Å². The van der Waals surface area contributed by atoms with Crippen LogP contribution in [-0.4, -0.2) is 48.9 Å². The molecule has 1 aliphatic rings. The third-order valence-corrected chi connectivity index (χ3v) is 5.82. The normalized spacial score (nSPS) is 23.7. The Hall–Kier alpha value is -3.26. The first-order valence-corrected chi connectivity index (χ1v) is 9.96. The van der Waals surface area contributed by atoms with Crippen LogP contribution in [0.15, 0.2) is 36.7 Å². The van der Waals surface area contributed by atoms with E-state index < -0.39 is 12.6 Å². The number of hydrogen-bond donors (Lipinski definition) is 3. The van der Waals surface area contributed by atoms with Crippen LogP contribution in [0.5, 0.6) is 5.88 Å². The van der Waals surface area contributed by atoms with Gasteiger partial charge >= 0.3 is 0 Å². The lowest BCUT2D eigenvalue weighted by molar-refractivity contribution is 0.0195. The number of ether oxygens (including phenoxy) is 1. The molecule has 0 aliphatic heterocycles. The highest BCUT2D eigenvalue weighted by atomic mass is 16.5. The molecule has 1 aliphatic carbocycles. The highest BCUT2D eigenvalue weighted by molar-refractivity contribution is 5.99. The van der Waals surface area contributed by atoms with Gasteiger partial charge in [0.05, 0.1) is 33.9 Å². The number of hydrogen-bond acceptors (Lipinski definition) is 7. The first kappa shape index (κ1) is 15.6. The van der Waals surface area contributed by atoms with Gasteiger partial charge in [-0.05, 0) is 56.4 Å². The summed E-state index contributed by atoms with van der Waals surface area (Å²) in [5, 5.41) is 22.9. The Bertz CT molecular complexity index is 1310. The molecule has 30 heavy (non-hydrogen) atoms. The molecule has 0 amide bonds. The predicted octanol–water partition coefficient (Wildman–Crippen LogP) is 3.68. The van der Waals surface area contributed by atoms with Crippen LogP contribution in [0, 0.1) is 0 Å². The number of aromatic nitrogens is 5. The maximum Gasteiger partial charge on any atom is 0.228 e. The van der Waals surface area contributed by atoms with Crippen molar-refractivity contribution in [1.82, 2.24) is 25.1 Å². The topological polar surface area (TPSA) is 109 Å². The second-order valence-electron chi connectivity index (χ2n) is 8.10. The number of nitrogens with zero attached hydrogens (tertiary/aromatic N) is 4. The fourth-order valence-corrected chi connectivity index (χ4v) is 4.09. The number of anilines is 1. The van der Waals surface area contributed by atoms with Gasteiger partial charge in [-0.15, -0.1) is 0 Å².